The molecule has 1 heterocycles. The van der Waals surface area contributed by atoms with Crippen molar-refractivity contribution in [2.75, 3.05) is 6.54 Å². The van der Waals surface area contributed by atoms with E-state index < -0.39 is 53.7 Å². The van der Waals surface area contributed by atoms with Gasteiger partial charge in [-0.15, -0.1) is 0 Å². The minimum Gasteiger partial charge on any atom is -0.344 e. The molecular weight excluding hydrogens is 503 g/mol. The second-order valence-electron chi connectivity index (χ2n) is 9.61. The van der Waals surface area contributed by atoms with Crippen molar-refractivity contribution in [1.82, 2.24) is 15.5 Å². The van der Waals surface area contributed by atoms with Gasteiger partial charge in [-0.3, -0.25) is 24.0 Å². The number of likely N-dealkylation sites (tertiary alicyclic amines) is 1. The topological polar surface area (TPSA) is 113 Å². The average molecular weight is 542 g/mol. The van der Waals surface area contributed by atoms with Gasteiger partial charge in [0.25, 0.3) is 11.7 Å². The van der Waals surface area contributed by atoms with Gasteiger partial charge in [0.2, 0.25) is 11.8 Å². The van der Waals surface area contributed by atoms with Gasteiger partial charge in [-0.2, -0.15) is 13.2 Å². The van der Waals surface area contributed by atoms with Crippen LogP contribution in [0.4, 0.5) is 13.2 Å². The van der Waals surface area contributed by atoms with Crippen molar-refractivity contribution in [3.05, 3.63) is 35.4 Å². The summed E-state index contributed by atoms with van der Waals surface area (Å²) >= 11 is 0. The van der Waals surface area contributed by atoms with E-state index >= 15 is 0 Å². The van der Waals surface area contributed by atoms with Crippen LogP contribution in [0.1, 0.15) is 82.0 Å². The number of carbonyl (C=O) groups is 5. The molecule has 0 saturated carbocycles. The Morgan fingerprint density at radius 1 is 0.868 bits per heavy atom. The van der Waals surface area contributed by atoms with Gasteiger partial charge in [-0.1, -0.05) is 53.7 Å². The zero-order valence-electron chi connectivity index (χ0n) is 22.9. The fraction of sp³-hybridized carbons (Fsp3) is 0.593. The molecule has 0 spiro atoms. The summed E-state index contributed by atoms with van der Waals surface area (Å²) in [5.74, 6) is -5.32. The number of carbonyl (C=O) groups excluding carboxylic acids is 5. The Morgan fingerprint density at radius 3 is 1.82 bits per heavy atom. The lowest BCUT2D eigenvalue weighted by molar-refractivity contribution is -0.175. The first-order valence-electron chi connectivity index (χ1n) is 12.8. The normalized spacial score (nSPS) is 16.8. The number of hydrogen-bond acceptors (Lipinski definition) is 5. The molecule has 0 aromatic heterocycles. The molecule has 3 amide bonds. The number of rotatable bonds is 9. The summed E-state index contributed by atoms with van der Waals surface area (Å²) in [5, 5.41) is 4.85. The third-order valence-electron chi connectivity index (χ3n) is 6.14. The molecule has 1 aliphatic heterocycles. The number of nitrogens with one attached hydrogen (secondary N) is 2. The van der Waals surface area contributed by atoms with Gasteiger partial charge in [0.1, 0.15) is 12.1 Å². The number of amides is 3. The smallest absolute Gasteiger partial charge is 0.344 e. The molecular formula is C27H38F3N3O5. The van der Waals surface area contributed by atoms with Crippen LogP contribution < -0.4 is 10.6 Å². The zero-order chi connectivity index (χ0) is 29.4. The molecule has 8 nitrogen and oxygen atoms in total. The summed E-state index contributed by atoms with van der Waals surface area (Å²) < 4.78 is 39.0. The van der Waals surface area contributed by atoms with E-state index in [1.54, 1.807) is 13.8 Å². The van der Waals surface area contributed by atoms with Crippen molar-refractivity contribution >= 4 is 29.3 Å². The molecule has 11 heteroatoms. The second kappa shape index (κ2) is 14.1. The van der Waals surface area contributed by atoms with Crippen molar-refractivity contribution in [3.63, 3.8) is 0 Å². The van der Waals surface area contributed by atoms with E-state index in [4.69, 9.17) is 0 Å². The van der Waals surface area contributed by atoms with Crippen LogP contribution in [0.25, 0.3) is 0 Å². The third-order valence-corrected chi connectivity index (χ3v) is 6.14. The van der Waals surface area contributed by atoms with Crippen LogP contribution in [0.15, 0.2) is 24.3 Å². The Morgan fingerprint density at radius 2 is 1.37 bits per heavy atom. The second-order valence-corrected chi connectivity index (χ2v) is 9.61. The maximum Gasteiger partial charge on any atom is 0.452 e. The molecule has 1 aromatic carbocycles. The molecule has 1 aliphatic rings. The van der Waals surface area contributed by atoms with Crippen LogP contribution in [0, 0.1) is 11.8 Å². The molecule has 2 N–H and O–H groups in total. The summed E-state index contributed by atoms with van der Waals surface area (Å²) in [5.41, 5.74) is 0.664. The average Bonchev–Trinajstić information content (AvgIpc) is 3.35. The van der Waals surface area contributed by atoms with Crippen molar-refractivity contribution < 1.29 is 37.1 Å². The quantitative estimate of drug-likeness (QED) is 0.460. The molecule has 0 radical (unpaired) electrons. The largest absolute Gasteiger partial charge is 0.452 e. The Kier molecular flexibility index (Phi) is 12.1. The summed E-state index contributed by atoms with van der Waals surface area (Å²) in [6.07, 6.45) is -4.45. The third kappa shape index (κ3) is 8.39. The van der Waals surface area contributed by atoms with E-state index in [-0.39, 0.29) is 30.2 Å². The molecule has 38 heavy (non-hydrogen) atoms. The van der Waals surface area contributed by atoms with Crippen LogP contribution in [0.2, 0.25) is 0 Å². The van der Waals surface area contributed by atoms with Crippen LogP contribution in [-0.4, -0.2) is 65.0 Å². The monoisotopic (exact) mass is 541 g/mol. The maximum absolute atomic E-state index is 13.4. The minimum absolute atomic E-state index is 0.160. The highest BCUT2D eigenvalue weighted by molar-refractivity contribution is 6.00. The zero-order valence-corrected chi connectivity index (χ0v) is 22.9. The minimum atomic E-state index is -5.11. The van der Waals surface area contributed by atoms with Gasteiger partial charge in [0.05, 0.1) is 6.04 Å². The summed E-state index contributed by atoms with van der Waals surface area (Å²) in [6.45, 7) is 11.8. The molecule has 3 atom stereocenters. The van der Waals surface area contributed by atoms with Crippen molar-refractivity contribution in [2.24, 2.45) is 11.8 Å². The first kappa shape index (κ1) is 32.8. The number of ketones is 2. The molecule has 0 aliphatic carbocycles. The Hall–Kier alpha value is -3.24. The van der Waals surface area contributed by atoms with E-state index in [1.165, 1.54) is 49.9 Å². The van der Waals surface area contributed by atoms with Gasteiger partial charge in [0.15, 0.2) is 5.78 Å². The highest BCUT2D eigenvalue weighted by atomic mass is 19.4. The van der Waals surface area contributed by atoms with E-state index in [0.717, 1.165) is 0 Å². The molecule has 3 unspecified atom stereocenters. The van der Waals surface area contributed by atoms with Gasteiger partial charge in [-0.05, 0) is 43.7 Å². The van der Waals surface area contributed by atoms with Crippen LogP contribution in [0.3, 0.4) is 0 Å². The van der Waals surface area contributed by atoms with Gasteiger partial charge >= 0.3 is 6.18 Å². The lowest BCUT2D eigenvalue weighted by Crippen LogP contribution is -2.58. The van der Waals surface area contributed by atoms with E-state index in [2.05, 4.69) is 10.6 Å². The number of Topliss-reactive ketones (excluding diaryl/α,β-unsaturated/α-hetero) is 2. The number of nitrogens with zero attached hydrogens (tertiary/aromatic N) is 1. The van der Waals surface area contributed by atoms with Gasteiger partial charge < -0.3 is 15.5 Å². The summed E-state index contributed by atoms with van der Waals surface area (Å²) in [4.78, 5) is 63.5. The van der Waals surface area contributed by atoms with E-state index in [9.17, 15) is 37.1 Å². The number of alkyl halides is 3. The molecule has 2 rings (SSSR count). The first-order valence-corrected chi connectivity index (χ1v) is 12.8. The lowest BCUT2D eigenvalue weighted by Gasteiger charge is -2.32. The predicted molar refractivity (Wildman–Crippen MR) is 136 cm³/mol. The summed E-state index contributed by atoms with van der Waals surface area (Å²) in [7, 11) is 0. The highest BCUT2D eigenvalue weighted by Gasteiger charge is 2.46. The molecule has 212 valence electrons. The lowest BCUT2D eigenvalue weighted by atomic mass is 9.98. The summed E-state index contributed by atoms with van der Waals surface area (Å²) in [6, 6.07) is 2.08. The van der Waals surface area contributed by atoms with Gasteiger partial charge in [-0.25, -0.2) is 0 Å². The van der Waals surface area contributed by atoms with E-state index in [0.29, 0.717) is 12.0 Å². The van der Waals surface area contributed by atoms with Gasteiger partial charge in [0, 0.05) is 17.7 Å². The highest BCUT2D eigenvalue weighted by Crippen LogP contribution is 2.24. The van der Waals surface area contributed by atoms with Crippen molar-refractivity contribution in [1.29, 1.82) is 0 Å². The molecule has 1 fully saturated rings. The van der Waals surface area contributed by atoms with Crippen molar-refractivity contribution in [2.45, 2.75) is 85.6 Å². The fourth-order valence-electron chi connectivity index (χ4n) is 4.04. The maximum atomic E-state index is 13.4. The first-order chi connectivity index (χ1) is 17.6. The molecule has 1 saturated heterocycles. The Labute approximate surface area is 221 Å². The number of halogens is 3. The predicted octanol–water partition coefficient (Wildman–Crippen LogP) is 3.93. The fourth-order valence-corrected chi connectivity index (χ4v) is 4.04. The molecule has 1 aromatic rings. The SMILES string of the molecule is CC.CC(=O)c1ccc(C(=O)NC(C(=O)N2CCCC2C(=O)NC(C(=O)C(F)(F)F)C(C)C)C(C)C)cc1. The van der Waals surface area contributed by atoms with Crippen LogP contribution in [-0.2, 0) is 14.4 Å². The van der Waals surface area contributed by atoms with E-state index in [1.807, 2.05) is 13.8 Å². The van der Waals surface area contributed by atoms with Crippen LogP contribution in [0.5, 0.6) is 0 Å². The number of benzene rings is 1. The standard InChI is InChI=1S/C25H32F3N3O5.C2H6/c1-13(2)19(21(33)25(26,27)28)29-23(35)18-7-6-12-31(18)24(36)20(14(3)4)30-22(34)17-10-8-16(9-11-17)15(5)32;1-2/h8-11,13-14,18-20H,6-7,12H2,1-5H3,(H,29,35)(H,30,34);1-2H3. The van der Waals surface area contributed by atoms with Crippen LogP contribution >= 0.6 is 0 Å². The van der Waals surface area contributed by atoms with Crippen molar-refractivity contribution in [3.8, 4) is 0 Å². The Bertz CT molecular complexity index is 1010. The Balaban J connectivity index is 0.00000352. The number of hydrogen-bond donors (Lipinski definition) is 2. The molecule has 0 bridgehead atoms.